The fourth-order valence-corrected chi connectivity index (χ4v) is 5.58. The summed E-state index contributed by atoms with van der Waals surface area (Å²) < 4.78 is 0. The van der Waals surface area contributed by atoms with Crippen molar-refractivity contribution < 1.29 is 14.4 Å². The number of hydrogen-bond donors (Lipinski definition) is 0. The Morgan fingerprint density at radius 2 is 1.62 bits per heavy atom. The van der Waals surface area contributed by atoms with Crippen LogP contribution >= 0.6 is 0 Å². The number of rotatable bonds is 5. The number of ketones is 1. The van der Waals surface area contributed by atoms with Crippen LogP contribution in [0.4, 0.5) is 5.69 Å². The lowest BCUT2D eigenvalue weighted by Gasteiger charge is -2.38. The minimum atomic E-state index is -0.693. The van der Waals surface area contributed by atoms with E-state index in [0.717, 1.165) is 35.2 Å². The van der Waals surface area contributed by atoms with Gasteiger partial charge in [0, 0.05) is 23.4 Å². The van der Waals surface area contributed by atoms with E-state index in [1.165, 1.54) is 4.90 Å². The van der Waals surface area contributed by atoms with E-state index >= 15 is 0 Å². The Balaban J connectivity index is 1.64. The number of nitrogens with zero attached hydrogens (tertiary/aromatic N) is 2. The van der Waals surface area contributed by atoms with Crippen LogP contribution in [0.2, 0.25) is 0 Å². The van der Waals surface area contributed by atoms with E-state index in [2.05, 4.69) is 6.08 Å². The molecule has 164 valence electrons. The van der Waals surface area contributed by atoms with Crippen LogP contribution < -0.4 is 4.90 Å². The molecular weight excluding hydrogens is 400 g/mol. The highest BCUT2D eigenvalue weighted by Crippen LogP contribution is 2.50. The number of unbranched alkanes of at least 4 members (excludes halogenated alkanes) is 1. The number of carbonyl (C=O) groups excluding carboxylic acids is 3. The van der Waals surface area contributed by atoms with Crippen molar-refractivity contribution in [1.82, 2.24) is 4.90 Å². The first kappa shape index (κ1) is 20.7. The normalized spacial score (nSPS) is 26.0. The van der Waals surface area contributed by atoms with Crippen molar-refractivity contribution in [2.24, 2.45) is 11.8 Å². The SMILES string of the molecule is CCCCN1C(=O)[C@@H]2[C@@H](C1=O)[C@H](C(=O)c1ccc(C)cc1)N1c3ccccc3C(C)=C[C@H]21. The number of fused-ring (bicyclic) bond motifs is 5. The largest absolute Gasteiger partial charge is 0.352 e. The standard InChI is InChI=1S/C27H28N2O3/c1-4-5-14-28-26(31)22-21-15-17(3)19-8-6-7-9-20(19)29(21)24(23(22)27(28)32)25(30)18-12-10-16(2)11-13-18/h6-13,15,21-24H,4-5,14H2,1-3H3/t21-,22+,23-,24-/m1/s1. The first-order valence-corrected chi connectivity index (χ1v) is 11.5. The predicted molar refractivity (Wildman–Crippen MR) is 124 cm³/mol. The number of benzene rings is 2. The number of para-hydroxylation sites is 1. The van der Waals surface area contributed by atoms with Crippen molar-refractivity contribution in [2.45, 2.75) is 45.7 Å². The number of anilines is 1. The Morgan fingerprint density at radius 3 is 2.34 bits per heavy atom. The van der Waals surface area contributed by atoms with Gasteiger partial charge >= 0.3 is 0 Å². The molecular formula is C27H28N2O3. The molecule has 32 heavy (non-hydrogen) atoms. The minimum Gasteiger partial charge on any atom is -0.352 e. The molecule has 0 unspecified atom stereocenters. The fraction of sp³-hybridized carbons (Fsp3) is 0.370. The number of amides is 2. The van der Waals surface area contributed by atoms with Crippen molar-refractivity contribution in [2.75, 3.05) is 11.4 Å². The second-order valence-electron chi connectivity index (χ2n) is 9.17. The molecule has 2 aromatic rings. The van der Waals surface area contributed by atoms with Gasteiger partial charge in [-0.2, -0.15) is 0 Å². The number of likely N-dealkylation sites (tertiary alicyclic amines) is 1. The maximum atomic E-state index is 13.9. The topological polar surface area (TPSA) is 57.7 Å². The van der Waals surface area contributed by atoms with Gasteiger partial charge in [-0.25, -0.2) is 0 Å². The summed E-state index contributed by atoms with van der Waals surface area (Å²) in [4.78, 5) is 44.3. The molecule has 3 heterocycles. The zero-order valence-corrected chi connectivity index (χ0v) is 18.7. The molecule has 0 saturated carbocycles. The van der Waals surface area contributed by atoms with E-state index in [1.807, 2.05) is 74.2 Å². The number of hydrogen-bond acceptors (Lipinski definition) is 4. The highest BCUT2D eigenvalue weighted by Gasteiger charge is 2.64. The molecule has 0 bridgehead atoms. The molecule has 4 atom stereocenters. The Labute approximate surface area is 188 Å². The van der Waals surface area contributed by atoms with Crippen molar-refractivity contribution >= 4 is 28.9 Å². The number of allylic oxidation sites excluding steroid dienone is 1. The number of carbonyl (C=O) groups is 3. The van der Waals surface area contributed by atoms with Crippen LogP contribution in [0.15, 0.2) is 54.6 Å². The molecule has 2 amide bonds. The molecule has 0 aromatic heterocycles. The molecule has 3 aliphatic heterocycles. The summed E-state index contributed by atoms with van der Waals surface area (Å²) in [6.07, 6.45) is 3.76. The maximum Gasteiger partial charge on any atom is 0.235 e. The highest BCUT2D eigenvalue weighted by atomic mass is 16.2. The number of aryl methyl sites for hydroxylation is 1. The third-order valence-corrected chi connectivity index (χ3v) is 7.19. The van der Waals surface area contributed by atoms with Crippen LogP contribution in [0.3, 0.4) is 0 Å². The summed E-state index contributed by atoms with van der Waals surface area (Å²) in [5.74, 6) is -1.61. The van der Waals surface area contributed by atoms with Crippen molar-refractivity contribution in [3.05, 3.63) is 71.3 Å². The molecule has 2 saturated heterocycles. The van der Waals surface area contributed by atoms with E-state index in [9.17, 15) is 14.4 Å². The van der Waals surface area contributed by atoms with Gasteiger partial charge in [-0.05, 0) is 31.9 Å². The van der Waals surface area contributed by atoms with E-state index < -0.39 is 17.9 Å². The van der Waals surface area contributed by atoms with E-state index in [-0.39, 0.29) is 23.6 Å². The molecule has 0 spiro atoms. The first-order chi connectivity index (χ1) is 15.4. The van der Waals surface area contributed by atoms with Crippen LogP contribution in [0, 0.1) is 18.8 Å². The smallest absolute Gasteiger partial charge is 0.235 e. The Morgan fingerprint density at radius 1 is 0.938 bits per heavy atom. The van der Waals surface area contributed by atoms with Gasteiger partial charge < -0.3 is 4.90 Å². The lowest BCUT2D eigenvalue weighted by molar-refractivity contribution is -0.140. The third kappa shape index (κ3) is 2.94. The molecule has 0 aliphatic carbocycles. The summed E-state index contributed by atoms with van der Waals surface area (Å²) in [7, 11) is 0. The average Bonchev–Trinajstić information content (AvgIpc) is 3.25. The van der Waals surface area contributed by atoms with Gasteiger partial charge in [-0.3, -0.25) is 19.3 Å². The molecule has 2 aromatic carbocycles. The van der Waals surface area contributed by atoms with Crippen LogP contribution in [0.5, 0.6) is 0 Å². The highest BCUT2D eigenvalue weighted by molar-refractivity contribution is 6.14. The average molecular weight is 429 g/mol. The second-order valence-corrected chi connectivity index (χ2v) is 9.17. The number of Topliss-reactive ketones (excluding diaryl/α,β-unsaturated/α-hetero) is 1. The van der Waals surface area contributed by atoms with E-state index in [0.29, 0.717) is 12.1 Å². The van der Waals surface area contributed by atoms with Gasteiger partial charge in [0.25, 0.3) is 0 Å². The molecule has 2 fully saturated rings. The number of imide groups is 1. The summed E-state index contributed by atoms with van der Waals surface area (Å²) in [5, 5.41) is 0. The van der Waals surface area contributed by atoms with E-state index in [4.69, 9.17) is 0 Å². The molecule has 5 rings (SSSR count). The maximum absolute atomic E-state index is 13.9. The molecule has 0 N–H and O–H groups in total. The monoisotopic (exact) mass is 428 g/mol. The van der Waals surface area contributed by atoms with Crippen LogP contribution in [-0.2, 0) is 9.59 Å². The van der Waals surface area contributed by atoms with Gasteiger partial charge in [0.1, 0.15) is 6.04 Å². The third-order valence-electron chi connectivity index (χ3n) is 7.19. The minimum absolute atomic E-state index is 0.0938. The van der Waals surface area contributed by atoms with Gasteiger partial charge in [-0.15, -0.1) is 0 Å². The van der Waals surface area contributed by atoms with Crippen LogP contribution in [0.25, 0.3) is 5.57 Å². The fourth-order valence-electron chi connectivity index (χ4n) is 5.58. The van der Waals surface area contributed by atoms with Gasteiger partial charge in [-0.1, -0.05) is 67.4 Å². The van der Waals surface area contributed by atoms with Crippen molar-refractivity contribution in [3.63, 3.8) is 0 Å². The zero-order chi connectivity index (χ0) is 22.6. The Hall–Kier alpha value is -3.21. The molecule has 3 aliphatic rings. The Bertz CT molecular complexity index is 1130. The van der Waals surface area contributed by atoms with E-state index in [1.54, 1.807) is 0 Å². The lowest BCUT2D eigenvalue weighted by Crippen LogP contribution is -2.49. The lowest BCUT2D eigenvalue weighted by atomic mass is 9.85. The Kier molecular flexibility index (Phi) is 5.00. The van der Waals surface area contributed by atoms with Gasteiger partial charge in [0.15, 0.2) is 5.78 Å². The van der Waals surface area contributed by atoms with Gasteiger partial charge in [0.05, 0.1) is 17.9 Å². The van der Waals surface area contributed by atoms with Crippen molar-refractivity contribution in [3.8, 4) is 0 Å². The summed E-state index contributed by atoms with van der Waals surface area (Å²) in [6, 6.07) is 14.5. The zero-order valence-electron chi connectivity index (χ0n) is 18.7. The summed E-state index contributed by atoms with van der Waals surface area (Å²) in [6.45, 7) is 6.49. The van der Waals surface area contributed by atoms with Gasteiger partial charge in [0.2, 0.25) is 11.8 Å². The molecule has 5 heteroatoms. The molecule has 0 radical (unpaired) electrons. The van der Waals surface area contributed by atoms with Crippen LogP contribution in [-0.4, -0.2) is 41.1 Å². The summed E-state index contributed by atoms with van der Waals surface area (Å²) in [5.41, 5.74) is 4.71. The first-order valence-electron chi connectivity index (χ1n) is 11.5. The predicted octanol–water partition coefficient (Wildman–Crippen LogP) is 4.25. The van der Waals surface area contributed by atoms with Crippen molar-refractivity contribution in [1.29, 1.82) is 0 Å². The van der Waals surface area contributed by atoms with Crippen LogP contribution in [0.1, 0.15) is 48.2 Å². The quantitative estimate of drug-likeness (QED) is 0.528. The second kappa shape index (κ2) is 7.73. The molecule has 5 nitrogen and oxygen atoms in total. The summed E-state index contributed by atoms with van der Waals surface area (Å²) >= 11 is 0.